The van der Waals surface area contributed by atoms with Gasteiger partial charge in [-0.05, 0) is 12.5 Å². The lowest BCUT2D eigenvalue weighted by molar-refractivity contribution is 0.0978. The minimum Gasteiger partial charge on any atom is -0.490 e. The molecule has 0 atom stereocenters. The maximum absolute atomic E-state index is 10.5. The van der Waals surface area contributed by atoms with E-state index >= 15 is 0 Å². The number of hydrogen-bond donors (Lipinski definition) is 0. The first-order chi connectivity index (χ1) is 7.86. The number of ether oxygens (including phenoxy) is 2. The third kappa shape index (κ3) is 4.89. The van der Waals surface area contributed by atoms with E-state index in [1.54, 1.807) is 12.3 Å². The van der Waals surface area contributed by atoms with Crippen molar-refractivity contribution in [3.8, 4) is 5.75 Å². The molecule has 0 radical (unpaired) electrons. The molecule has 16 heavy (non-hydrogen) atoms. The number of carbonyl (C=O) groups excluding carboxylic acids is 1. The van der Waals surface area contributed by atoms with Gasteiger partial charge in [0.1, 0.15) is 12.4 Å². The highest BCUT2D eigenvalue weighted by molar-refractivity contribution is 5.74. The number of unbranched alkanes of at least 4 members (excludes halogenated alkanes) is 1. The molecule has 0 aliphatic heterocycles. The minimum atomic E-state index is 0.480. The van der Waals surface area contributed by atoms with Crippen LogP contribution in [-0.4, -0.2) is 31.1 Å². The van der Waals surface area contributed by atoms with E-state index in [1.165, 1.54) is 6.20 Å². The lowest BCUT2D eigenvalue weighted by Crippen LogP contribution is -2.07. The Morgan fingerprint density at radius 2 is 2.19 bits per heavy atom. The van der Waals surface area contributed by atoms with Crippen LogP contribution in [0.3, 0.4) is 0 Å². The second-order valence-electron chi connectivity index (χ2n) is 3.39. The van der Waals surface area contributed by atoms with E-state index < -0.39 is 0 Å². The molecular weight excluding hydrogens is 206 g/mol. The summed E-state index contributed by atoms with van der Waals surface area (Å²) in [5, 5.41) is 0. The summed E-state index contributed by atoms with van der Waals surface area (Å²) in [7, 11) is 0. The highest BCUT2D eigenvalue weighted by Crippen LogP contribution is 2.09. The second-order valence-corrected chi connectivity index (χ2v) is 3.39. The normalized spacial score (nSPS) is 10.1. The summed E-state index contributed by atoms with van der Waals surface area (Å²) in [5.74, 6) is 0.601. The average molecular weight is 223 g/mol. The molecule has 4 heteroatoms. The van der Waals surface area contributed by atoms with Gasteiger partial charge in [-0.15, -0.1) is 0 Å². The van der Waals surface area contributed by atoms with Crippen LogP contribution in [0.25, 0.3) is 0 Å². The van der Waals surface area contributed by atoms with Gasteiger partial charge in [0.05, 0.1) is 12.8 Å². The Morgan fingerprint density at radius 3 is 2.94 bits per heavy atom. The number of nitrogens with zero attached hydrogens (tertiary/aromatic N) is 1. The summed E-state index contributed by atoms with van der Waals surface area (Å²) >= 11 is 0. The average Bonchev–Trinajstić information content (AvgIpc) is 2.34. The van der Waals surface area contributed by atoms with E-state index in [0.717, 1.165) is 25.7 Å². The van der Waals surface area contributed by atoms with Crippen LogP contribution in [0.2, 0.25) is 0 Å². The van der Waals surface area contributed by atoms with Gasteiger partial charge in [0.25, 0.3) is 0 Å². The quantitative estimate of drug-likeness (QED) is 0.500. The van der Waals surface area contributed by atoms with Gasteiger partial charge in [0, 0.05) is 18.4 Å². The number of rotatable bonds is 8. The van der Waals surface area contributed by atoms with E-state index in [-0.39, 0.29) is 0 Å². The molecule has 0 spiro atoms. The van der Waals surface area contributed by atoms with Crippen LogP contribution in [0, 0.1) is 0 Å². The largest absolute Gasteiger partial charge is 0.490 e. The molecule has 0 N–H and O–H groups in total. The van der Waals surface area contributed by atoms with Gasteiger partial charge in [-0.1, -0.05) is 13.3 Å². The van der Waals surface area contributed by atoms with Gasteiger partial charge in [0.15, 0.2) is 6.29 Å². The Labute approximate surface area is 95.6 Å². The van der Waals surface area contributed by atoms with Crippen LogP contribution in [0.1, 0.15) is 30.1 Å². The molecule has 4 nitrogen and oxygen atoms in total. The molecule has 0 aliphatic carbocycles. The summed E-state index contributed by atoms with van der Waals surface area (Å²) in [6, 6.07) is 1.66. The van der Waals surface area contributed by atoms with Gasteiger partial charge in [-0.3, -0.25) is 9.78 Å². The van der Waals surface area contributed by atoms with Crippen molar-refractivity contribution >= 4 is 6.29 Å². The van der Waals surface area contributed by atoms with Gasteiger partial charge >= 0.3 is 0 Å². The predicted molar refractivity (Wildman–Crippen MR) is 60.8 cm³/mol. The van der Waals surface area contributed by atoms with E-state index in [4.69, 9.17) is 9.47 Å². The first-order valence-electron chi connectivity index (χ1n) is 5.47. The molecule has 0 saturated heterocycles. The van der Waals surface area contributed by atoms with E-state index in [2.05, 4.69) is 11.9 Å². The van der Waals surface area contributed by atoms with Crippen molar-refractivity contribution in [2.45, 2.75) is 19.8 Å². The SMILES string of the molecule is CCCCOCCOc1cncc(C=O)c1. The predicted octanol–water partition coefficient (Wildman–Crippen LogP) is 2.09. The maximum Gasteiger partial charge on any atom is 0.151 e. The summed E-state index contributed by atoms with van der Waals surface area (Å²) < 4.78 is 10.7. The highest BCUT2D eigenvalue weighted by atomic mass is 16.5. The molecule has 1 rings (SSSR count). The summed E-state index contributed by atoms with van der Waals surface area (Å²) in [5.41, 5.74) is 0.518. The molecule has 88 valence electrons. The van der Waals surface area contributed by atoms with Crippen molar-refractivity contribution in [1.29, 1.82) is 0 Å². The number of aromatic nitrogens is 1. The third-order valence-electron chi connectivity index (χ3n) is 2.01. The lowest BCUT2D eigenvalue weighted by atomic mass is 10.3. The van der Waals surface area contributed by atoms with Crippen LogP contribution < -0.4 is 4.74 Å². The highest BCUT2D eigenvalue weighted by Gasteiger charge is 1.96. The van der Waals surface area contributed by atoms with Crippen LogP contribution in [0.4, 0.5) is 0 Å². The van der Waals surface area contributed by atoms with Crippen molar-refractivity contribution < 1.29 is 14.3 Å². The fourth-order valence-electron chi connectivity index (χ4n) is 1.15. The first kappa shape index (κ1) is 12.6. The Balaban J connectivity index is 2.18. The molecule has 0 saturated carbocycles. The van der Waals surface area contributed by atoms with Gasteiger partial charge in [-0.2, -0.15) is 0 Å². The van der Waals surface area contributed by atoms with Crippen LogP contribution in [0.15, 0.2) is 18.5 Å². The van der Waals surface area contributed by atoms with Crippen molar-refractivity contribution in [3.05, 3.63) is 24.0 Å². The lowest BCUT2D eigenvalue weighted by Gasteiger charge is -2.06. The van der Waals surface area contributed by atoms with Crippen LogP contribution in [-0.2, 0) is 4.74 Å². The Kier molecular flexibility index (Phi) is 6.18. The Morgan fingerprint density at radius 1 is 1.31 bits per heavy atom. The van der Waals surface area contributed by atoms with Crippen molar-refractivity contribution in [1.82, 2.24) is 4.98 Å². The van der Waals surface area contributed by atoms with E-state index in [1.807, 2.05) is 0 Å². The zero-order chi connectivity index (χ0) is 11.6. The molecule has 1 aromatic heterocycles. The minimum absolute atomic E-state index is 0.480. The molecule has 0 fully saturated rings. The Hall–Kier alpha value is -1.42. The van der Waals surface area contributed by atoms with E-state index in [0.29, 0.717) is 24.5 Å². The van der Waals surface area contributed by atoms with Gasteiger partial charge in [0.2, 0.25) is 0 Å². The molecular formula is C12H17NO3. The van der Waals surface area contributed by atoms with Crippen LogP contribution >= 0.6 is 0 Å². The smallest absolute Gasteiger partial charge is 0.151 e. The Bertz CT molecular complexity index is 315. The van der Waals surface area contributed by atoms with Crippen molar-refractivity contribution in [2.24, 2.45) is 0 Å². The second kappa shape index (κ2) is 7.82. The van der Waals surface area contributed by atoms with E-state index in [9.17, 15) is 4.79 Å². The molecule has 0 aliphatic rings. The topological polar surface area (TPSA) is 48.4 Å². The van der Waals surface area contributed by atoms with Gasteiger partial charge in [-0.25, -0.2) is 0 Å². The summed E-state index contributed by atoms with van der Waals surface area (Å²) in [4.78, 5) is 14.4. The first-order valence-corrected chi connectivity index (χ1v) is 5.47. The molecule has 1 heterocycles. The molecule has 0 bridgehead atoms. The number of pyridine rings is 1. The van der Waals surface area contributed by atoms with Crippen molar-refractivity contribution in [3.63, 3.8) is 0 Å². The fourth-order valence-corrected chi connectivity index (χ4v) is 1.15. The standard InChI is InChI=1S/C12H17NO3/c1-2-3-4-15-5-6-16-12-7-11(10-14)8-13-9-12/h7-10H,2-6H2,1H3. The van der Waals surface area contributed by atoms with Crippen molar-refractivity contribution in [2.75, 3.05) is 19.8 Å². The van der Waals surface area contributed by atoms with Gasteiger partial charge < -0.3 is 9.47 Å². The van der Waals surface area contributed by atoms with Crippen LogP contribution in [0.5, 0.6) is 5.75 Å². The number of carbonyl (C=O) groups is 1. The number of hydrogen-bond acceptors (Lipinski definition) is 4. The zero-order valence-corrected chi connectivity index (χ0v) is 9.52. The number of aldehydes is 1. The molecule has 0 unspecified atom stereocenters. The third-order valence-corrected chi connectivity index (χ3v) is 2.01. The zero-order valence-electron chi connectivity index (χ0n) is 9.52. The molecule has 0 amide bonds. The summed E-state index contributed by atoms with van der Waals surface area (Å²) in [6.07, 6.45) is 6.03. The monoisotopic (exact) mass is 223 g/mol. The fraction of sp³-hybridized carbons (Fsp3) is 0.500. The maximum atomic E-state index is 10.5. The molecule has 1 aromatic rings. The summed E-state index contributed by atoms with van der Waals surface area (Å²) in [6.45, 7) is 3.93. The molecule has 0 aromatic carbocycles.